The van der Waals surface area contributed by atoms with Crippen molar-refractivity contribution < 1.29 is 23.5 Å². The van der Waals surface area contributed by atoms with E-state index in [-0.39, 0.29) is 17.7 Å². The number of ether oxygens (including phenoxy) is 2. The molecule has 2 aromatic carbocycles. The van der Waals surface area contributed by atoms with Gasteiger partial charge in [0.15, 0.2) is 0 Å². The quantitative estimate of drug-likeness (QED) is 0.461. The van der Waals surface area contributed by atoms with Crippen LogP contribution in [0, 0.1) is 5.92 Å². The Morgan fingerprint density at radius 1 is 1.03 bits per heavy atom. The van der Waals surface area contributed by atoms with Gasteiger partial charge in [-0.2, -0.15) is 0 Å². The number of imide groups is 1. The number of carbonyl (C=O) groups excluding carboxylic acids is 2. The van der Waals surface area contributed by atoms with Crippen LogP contribution in [-0.2, 0) is 14.3 Å². The molecule has 2 aliphatic heterocycles. The van der Waals surface area contributed by atoms with E-state index in [2.05, 4.69) is 11.4 Å². The van der Waals surface area contributed by atoms with Crippen molar-refractivity contribution in [2.24, 2.45) is 5.92 Å². The summed E-state index contributed by atoms with van der Waals surface area (Å²) in [7, 11) is 0. The maximum Gasteiger partial charge on any atom is 0.234 e. The summed E-state index contributed by atoms with van der Waals surface area (Å²) in [5, 5.41) is 5.46. The van der Waals surface area contributed by atoms with Crippen molar-refractivity contribution in [2.45, 2.75) is 44.4 Å². The lowest BCUT2D eigenvalue weighted by Gasteiger charge is -2.21. The predicted octanol–water partition coefficient (Wildman–Crippen LogP) is 4.69. The van der Waals surface area contributed by atoms with Crippen LogP contribution in [0.5, 0.6) is 5.75 Å². The number of amides is 2. The van der Waals surface area contributed by atoms with E-state index in [9.17, 15) is 9.59 Å². The molecule has 0 radical (unpaired) electrons. The third kappa shape index (κ3) is 4.30. The summed E-state index contributed by atoms with van der Waals surface area (Å²) >= 11 is 0. The van der Waals surface area contributed by atoms with Crippen LogP contribution in [-0.4, -0.2) is 31.6 Å². The number of hydrogen-bond donors (Lipinski definition) is 1. The standard InChI is InChI=1S/C25H27NO5/c27-24-6-5-20(25(28)26-24)22-15-31-23-14-17-3-4-19(12-18(17)13-21(22)23)30-9-1-2-16-7-10-29-11-8-16/h3-4,12-16,20H,1-2,5-11H2,(H,26,27,28)/t20-/m0/s1. The zero-order valence-electron chi connectivity index (χ0n) is 17.5. The Morgan fingerprint density at radius 2 is 1.90 bits per heavy atom. The lowest BCUT2D eigenvalue weighted by Crippen LogP contribution is -2.39. The number of benzene rings is 2. The van der Waals surface area contributed by atoms with E-state index in [1.54, 1.807) is 6.26 Å². The van der Waals surface area contributed by atoms with Crippen LogP contribution in [0.25, 0.3) is 21.7 Å². The monoisotopic (exact) mass is 421 g/mol. The maximum absolute atomic E-state index is 12.3. The Bertz CT molecular complexity index is 1110. The van der Waals surface area contributed by atoms with Crippen molar-refractivity contribution in [3.63, 3.8) is 0 Å². The highest BCUT2D eigenvalue weighted by molar-refractivity contribution is 6.04. The highest BCUT2D eigenvalue weighted by atomic mass is 16.5. The van der Waals surface area contributed by atoms with Crippen LogP contribution in [0.4, 0.5) is 0 Å². The first-order valence-electron chi connectivity index (χ1n) is 11.2. The number of nitrogens with one attached hydrogen (secondary N) is 1. The average Bonchev–Trinajstić information content (AvgIpc) is 3.18. The van der Waals surface area contributed by atoms with Crippen molar-refractivity contribution in [3.8, 4) is 5.75 Å². The summed E-state index contributed by atoms with van der Waals surface area (Å²) in [6.07, 6.45) is 7.05. The second kappa shape index (κ2) is 8.71. The van der Waals surface area contributed by atoms with E-state index in [1.807, 2.05) is 24.3 Å². The van der Waals surface area contributed by atoms with Crippen molar-refractivity contribution in [1.82, 2.24) is 5.32 Å². The molecular weight excluding hydrogens is 394 g/mol. The first-order chi connectivity index (χ1) is 15.2. The van der Waals surface area contributed by atoms with Gasteiger partial charge in [0.1, 0.15) is 11.3 Å². The molecule has 0 spiro atoms. The zero-order valence-corrected chi connectivity index (χ0v) is 17.5. The van der Waals surface area contributed by atoms with E-state index in [0.29, 0.717) is 19.4 Å². The van der Waals surface area contributed by atoms with E-state index in [1.165, 1.54) is 6.42 Å². The van der Waals surface area contributed by atoms with Crippen LogP contribution >= 0.6 is 0 Å². The molecule has 6 heteroatoms. The molecule has 0 bridgehead atoms. The minimum atomic E-state index is -0.360. The Labute approximate surface area is 180 Å². The molecule has 162 valence electrons. The number of furan rings is 1. The van der Waals surface area contributed by atoms with Gasteiger partial charge in [0.25, 0.3) is 0 Å². The zero-order chi connectivity index (χ0) is 21.2. The van der Waals surface area contributed by atoms with Gasteiger partial charge in [-0.25, -0.2) is 0 Å². The fraction of sp³-hybridized carbons (Fsp3) is 0.440. The minimum Gasteiger partial charge on any atom is -0.494 e. The van der Waals surface area contributed by atoms with Gasteiger partial charge < -0.3 is 13.9 Å². The molecule has 6 nitrogen and oxygen atoms in total. The second-order valence-corrected chi connectivity index (χ2v) is 8.60. The van der Waals surface area contributed by atoms with Crippen LogP contribution in [0.3, 0.4) is 0 Å². The van der Waals surface area contributed by atoms with Gasteiger partial charge in [0.05, 0.1) is 18.8 Å². The molecule has 1 atom stereocenters. The highest BCUT2D eigenvalue weighted by Crippen LogP contribution is 2.35. The lowest BCUT2D eigenvalue weighted by atomic mass is 9.90. The third-order valence-corrected chi connectivity index (χ3v) is 6.51. The van der Waals surface area contributed by atoms with E-state index < -0.39 is 0 Å². The van der Waals surface area contributed by atoms with Gasteiger partial charge in [-0.1, -0.05) is 6.07 Å². The van der Waals surface area contributed by atoms with Gasteiger partial charge in [-0.3, -0.25) is 14.9 Å². The van der Waals surface area contributed by atoms with Crippen molar-refractivity contribution >= 4 is 33.6 Å². The molecule has 5 rings (SSSR count). The minimum absolute atomic E-state index is 0.210. The van der Waals surface area contributed by atoms with Crippen molar-refractivity contribution in [2.75, 3.05) is 19.8 Å². The van der Waals surface area contributed by atoms with Crippen LogP contribution in [0.1, 0.15) is 50.0 Å². The average molecular weight is 421 g/mol. The molecule has 0 unspecified atom stereocenters. The highest BCUT2D eigenvalue weighted by Gasteiger charge is 2.30. The molecule has 31 heavy (non-hydrogen) atoms. The first kappa shape index (κ1) is 20.1. The summed E-state index contributed by atoms with van der Waals surface area (Å²) < 4.78 is 17.2. The largest absolute Gasteiger partial charge is 0.494 e. The lowest BCUT2D eigenvalue weighted by molar-refractivity contribution is -0.134. The Kier molecular flexibility index (Phi) is 5.64. The molecule has 2 fully saturated rings. The van der Waals surface area contributed by atoms with Crippen molar-refractivity contribution in [3.05, 3.63) is 42.2 Å². The Balaban J connectivity index is 1.31. The Morgan fingerprint density at radius 3 is 2.74 bits per heavy atom. The smallest absolute Gasteiger partial charge is 0.234 e. The summed E-state index contributed by atoms with van der Waals surface area (Å²) in [6, 6.07) is 10.1. The molecule has 2 aliphatic rings. The normalized spacial score (nSPS) is 20.3. The van der Waals surface area contributed by atoms with Crippen LogP contribution < -0.4 is 10.1 Å². The number of piperidine rings is 1. The summed E-state index contributed by atoms with van der Waals surface area (Å²) in [5.41, 5.74) is 1.59. The molecule has 0 aliphatic carbocycles. The third-order valence-electron chi connectivity index (χ3n) is 6.51. The molecule has 3 aromatic rings. The fourth-order valence-electron chi connectivity index (χ4n) is 4.72. The fourth-order valence-corrected chi connectivity index (χ4v) is 4.72. The molecule has 2 amide bonds. The number of fused-ring (bicyclic) bond motifs is 2. The van der Waals surface area contributed by atoms with E-state index in [0.717, 1.165) is 71.4 Å². The van der Waals surface area contributed by atoms with Gasteiger partial charge in [-0.15, -0.1) is 0 Å². The van der Waals surface area contributed by atoms with Gasteiger partial charge >= 0.3 is 0 Å². The molecule has 3 heterocycles. The first-order valence-corrected chi connectivity index (χ1v) is 11.2. The molecule has 2 saturated heterocycles. The van der Waals surface area contributed by atoms with Crippen LogP contribution in [0.2, 0.25) is 0 Å². The molecule has 1 N–H and O–H groups in total. The van der Waals surface area contributed by atoms with Crippen LogP contribution in [0.15, 0.2) is 41.0 Å². The molecule has 0 saturated carbocycles. The molecule has 1 aromatic heterocycles. The van der Waals surface area contributed by atoms with Gasteiger partial charge in [0, 0.05) is 30.6 Å². The Hall–Kier alpha value is -2.86. The summed E-state index contributed by atoms with van der Waals surface area (Å²) in [4.78, 5) is 23.8. The predicted molar refractivity (Wildman–Crippen MR) is 117 cm³/mol. The number of hydrogen-bond acceptors (Lipinski definition) is 5. The maximum atomic E-state index is 12.3. The second-order valence-electron chi connectivity index (χ2n) is 8.60. The van der Waals surface area contributed by atoms with Gasteiger partial charge in [0.2, 0.25) is 11.8 Å². The SMILES string of the molecule is O=C1CC[C@@H](c2coc3cc4ccc(OCCCC5CCOCC5)cc4cc23)C(=O)N1. The molecular formula is C25H27NO5. The number of carbonyl (C=O) groups is 2. The number of rotatable bonds is 6. The summed E-state index contributed by atoms with van der Waals surface area (Å²) in [5.74, 6) is 0.790. The van der Waals surface area contributed by atoms with Crippen molar-refractivity contribution in [1.29, 1.82) is 0 Å². The van der Waals surface area contributed by atoms with E-state index in [4.69, 9.17) is 13.9 Å². The van der Waals surface area contributed by atoms with Gasteiger partial charge in [-0.05, 0) is 73.1 Å². The van der Waals surface area contributed by atoms with E-state index >= 15 is 0 Å². The summed E-state index contributed by atoms with van der Waals surface area (Å²) in [6.45, 7) is 2.48. The topological polar surface area (TPSA) is 77.8 Å².